The number of hydrogen-bond donors (Lipinski definition) is 0. The Kier molecular flexibility index (Phi) is 3.82. The minimum atomic E-state index is -0.501. The summed E-state index contributed by atoms with van der Waals surface area (Å²) in [6.07, 6.45) is 1.60. The van der Waals surface area contributed by atoms with Crippen molar-refractivity contribution in [3.8, 4) is 0 Å². The standard InChI is InChI=1S/C20H13ClN2O2/c1-12-7-8-14-10-15(18(21)22-16(14)9-12)11-17-20(24)25-19(23-17)13-5-3-2-4-6-13/h2-11H,1H3. The molecule has 5 heteroatoms. The molecule has 1 aromatic heterocycles. The van der Waals surface area contributed by atoms with Crippen LogP contribution >= 0.6 is 11.6 Å². The highest BCUT2D eigenvalue weighted by atomic mass is 35.5. The molecule has 4 rings (SSSR count). The largest absolute Gasteiger partial charge is 0.402 e. The first-order valence-corrected chi connectivity index (χ1v) is 8.13. The molecule has 0 radical (unpaired) electrons. The maximum absolute atomic E-state index is 12.1. The van der Waals surface area contributed by atoms with Gasteiger partial charge in [-0.05, 0) is 42.8 Å². The average Bonchev–Trinajstić information content (AvgIpc) is 2.97. The third-order valence-corrected chi connectivity index (χ3v) is 4.19. The average molecular weight is 349 g/mol. The lowest BCUT2D eigenvalue weighted by Crippen LogP contribution is -2.04. The van der Waals surface area contributed by atoms with Crippen molar-refractivity contribution in [1.82, 2.24) is 4.98 Å². The van der Waals surface area contributed by atoms with Crippen molar-refractivity contribution >= 4 is 40.4 Å². The summed E-state index contributed by atoms with van der Waals surface area (Å²) in [5, 5.41) is 1.27. The van der Waals surface area contributed by atoms with E-state index in [-0.39, 0.29) is 11.6 Å². The number of carbonyl (C=O) groups excluding carboxylic acids is 1. The fourth-order valence-electron chi connectivity index (χ4n) is 2.63. The quantitative estimate of drug-likeness (QED) is 0.388. The first kappa shape index (κ1) is 15.5. The van der Waals surface area contributed by atoms with Crippen molar-refractivity contribution in [2.75, 3.05) is 0 Å². The molecular weight excluding hydrogens is 336 g/mol. The number of pyridine rings is 1. The minimum absolute atomic E-state index is 0.203. The maximum atomic E-state index is 12.1. The minimum Gasteiger partial charge on any atom is -0.402 e. The summed E-state index contributed by atoms with van der Waals surface area (Å²) in [7, 11) is 0. The molecule has 0 saturated heterocycles. The Balaban J connectivity index is 1.76. The van der Waals surface area contributed by atoms with Crippen LogP contribution in [0.1, 0.15) is 16.7 Å². The lowest BCUT2D eigenvalue weighted by atomic mass is 10.1. The zero-order valence-corrected chi connectivity index (χ0v) is 14.1. The zero-order chi connectivity index (χ0) is 17.4. The number of aliphatic imine (C=N–C) groups is 1. The van der Waals surface area contributed by atoms with E-state index in [2.05, 4.69) is 9.98 Å². The third kappa shape index (κ3) is 3.04. The van der Waals surface area contributed by atoms with Crippen molar-refractivity contribution in [1.29, 1.82) is 0 Å². The molecule has 1 aliphatic heterocycles. The highest BCUT2D eigenvalue weighted by molar-refractivity contribution is 6.31. The number of hydrogen-bond acceptors (Lipinski definition) is 4. The second-order valence-corrected chi connectivity index (χ2v) is 6.12. The van der Waals surface area contributed by atoms with Gasteiger partial charge in [0.05, 0.1) is 5.52 Å². The SMILES string of the molecule is Cc1ccc2cc(C=C3N=C(c4ccccc4)OC3=O)c(Cl)nc2c1. The Morgan fingerprint density at radius 2 is 1.88 bits per heavy atom. The molecule has 0 N–H and O–H groups in total. The summed E-state index contributed by atoms with van der Waals surface area (Å²) in [4.78, 5) is 20.8. The summed E-state index contributed by atoms with van der Waals surface area (Å²) < 4.78 is 5.25. The van der Waals surface area contributed by atoms with Crippen LogP contribution < -0.4 is 0 Å². The van der Waals surface area contributed by atoms with E-state index in [1.54, 1.807) is 6.08 Å². The molecule has 0 saturated carbocycles. The summed E-state index contributed by atoms with van der Waals surface area (Å²) >= 11 is 6.28. The fraction of sp³-hybridized carbons (Fsp3) is 0.0500. The van der Waals surface area contributed by atoms with Crippen LogP contribution in [-0.4, -0.2) is 16.9 Å². The van der Waals surface area contributed by atoms with Crippen molar-refractivity contribution in [3.05, 3.63) is 82.1 Å². The van der Waals surface area contributed by atoms with Crippen molar-refractivity contribution in [2.24, 2.45) is 4.99 Å². The van der Waals surface area contributed by atoms with Crippen LogP contribution in [0.4, 0.5) is 0 Å². The second-order valence-electron chi connectivity index (χ2n) is 5.77. The molecule has 2 heterocycles. The normalized spacial score (nSPS) is 15.5. The Morgan fingerprint density at radius 3 is 2.68 bits per heavy atom. The van der Waals surface area contributed by atoms with E-state index in [1.165, 1.54) is 0 Å². The number of ether oxygens (including phenoxy) is 1. The highest BCUT2D eigenvalue weighted by Gasteiger charge is 2.24. The zero-order valence-electron chi connectivity index (χ0n) is 13.4. The van der Waals surface area contributed by atoms with E-state index in [9.17, 15) is 4.79 Å². The molecule has 0 amide bonds. The fourth-order valence-corrected chi connectivity index (χ4v) is 2.83. The molecule has 4 nitrogen and oxygen atoms in total. The number of esters is 1. The lowest BCUT2D eigenvalue weighted by Gasteiger charge is -2.03. The van der Waals surface area contributed by atoms with Gasteiger partial charge in [-0.25, -0.2) is 14.8 Å². The topological polar surface area (TPSA) is 51.5 Å². The van der Waals surface area contributed by atoms with Crippen LogP contribution in [0.25, 0.3) is 17.0 Å². The molecular formula is C20H13ClN2O2. The van der Waals surface area contributed by atoms with Gasteiger partial charge in [0.15, 0.2) is 5.70 Å². The van der Waals surface area contributed by atoms with Gasteiger partial charge in [0.2, 0.25) is 5.90 Å². The molecule has 122 valence electrons. The molecule has 0 unspecified atom stereocenters. The van der Waals surface area contributed by atoms with Gasteiger partial charge in [0.25, 0.3) is 0 Å². The molecule has 0 aliphatic carbocycles. The van der Waals surface area contributed by atoms with E-state index in [1.807, 2.05) is 61.5 Å². The first-order valence-electron chi connectivity index (χ1n) is 7.75. The van der Waals surface area contributed by atoms with Crippen LogP contribution in [0.5, 0.6) is 0 Å². The number of benzene rings is 2. The van der Waals surface area contributed by atoms with Gasteiger partial charge in [-0.2, -0.15) is 0 Å². The van der Waals surface area contributed by atoms with Crippen LogP contribution in [0.3, 0.4) is 0 Å². The van der Waals surface area contributed by atoms with Crippen LogP contribution in [0.15, 0.2) is 65.3 Å². The van der Waals surface area contributed by atoms with Crippen molar-refractivity contribution in [2.45, 2.75) is 6.92 Å². The Bertz CT molecular complexity index is 1060. The van der Waals surface area contributed by atoms with Gasteiger partial charge >= 0.3 is 5.97 Å². The Labute approximate surface area is 149 Å². The third-order valence-electron chi connectivity index (χ3n) is 3.89. The van der Waals surface area contributed by atoms with Crippen molar-refractivity contribution < 1.29 is 9.53 Å². The Hall–Kier alpha value is -2.98. The summed E-state index contributed by atoms with van der Waals surface area (Å²) in [6.45, 7) is 2.00. The smallest absolute Gasteiger partial charge is 0.363 e. The number of fused-ring (bicyclic) bond motifs is 1. The predicted octanol–water partition coefficient (Wildman–Crippen LogP) is 4.54. The second kappa shape index (κ2) is 6.15. The summed E-state index contributed by atoms with van der Waals surface area (Å²) in [5.41, 5.74) is 3.50. The first-order chi connectivity index (χ1) is 12.1. The molecule has 0 spiro atoms. The van der Waals surface area contributed by atoms with E-state index in [0.29, 0.717) is 10.7 Å². The molecule has 0 fully saturated rings. The van der Waals surface area contributed by atoms with E-state index in [4.69, 9.17) is 16.3 Å². The van der Waals surface area contributed by atoms with Gasteiger partial charge < -0.3 is 4.74 Å². The molecule has 0 atom stereocenters. The van der Waals surface area contributed by atoms with E-state index in [0.717, 1.165) is 22.0 Å². The van der Waals surface area contributed by atoms with Gasteiger partial charge in [-0.1, -0.05) is 41.9 Å². The Morgan fingerprint density at radius 1 is 1.08 bits per heavy atom. The lowest BCUT2D eigenvalue weighted by molar-refractivity contribution is -0.129. The van der Waals surface area contributed by atoms with Crippen LogP contribution in [0.2, 0.25) is 5.15 Å². The van der Waals surface area contributed by atoms with Crippen LogP contribution in [-0.2, 0) is 9.53 Å². The van der Waals surface area contributed by atoms with E-state index >= 15 is 0 Å². The molecule has 2 aromatic carbocycles. The maximum Gasteiger partial charge on any atom is 0.363 e. The molecule has 3 aromatic rings. The van der Waals surface area contributed by atoms with E-state index < -0.39 is 5.97 Å². The number of aromatic nitrogens is 1. The molecule has 1 aliphatic rings. The number of nitrogens with zero attached hydrogens (tertiary/aromatic N) is 2. The summed E-state index contributed by atoms with van der Waals surface area (Å²) in [5.74, 6) is -0.212. The number of aryl methyl sites for hydroxylation is 1. The molecule has 25 heavy (non-hydrogen) atoms. The predicted molar refractivity (Wildman–Crippen MR) is 98.5 cm³/mol. The van der Waals surface area contributed by atoms with Gasteiger partial charge in [0.1, 0.15) is 5.15 Å². The number of carbonyl (C=O) groups is 1. The van der Waals surface area contributed by atoms with Gasteiger partial charge in [0, 0.05) is 16.5 Å². The van der Waals surface area contributed by atoms with Gasteiger partial charge in [-0.3, -0.25) is 0 Å². The number of rotatable bonds is 2. The van der Waals surface area contributed by atoms with Crippen LogP contribution in [0, 0.1) is 6.92 Å². The number of halogens is 1. The van der Waals surface area contributed by atoms with Gasteiger partial charge in [-0.15, -0.1) is 0 Å². The molecule has 0 bridgehead atoms. The highest BCUT2D eigenvalue weighted by Crippen LogP contribution is 2.26. The number of cyclic esters (lactones) is 1. The van der Waals surface area contributed by atoms with Crippen molar-refractivity contribution in [3.63, 3.8) is 0 Å². The summed E-state index contributed by atoms with van der Waals surface area (Å²) in [6, 6.07) is 17.1. The monoisotopic (exact) mass is 348 g/mol.